The average molecular weight is 427 g/mol. The van der Waals surface area contributed by atoms with Crippen molar-refractivity contribution in [3.63, 3.8) is 0 Å². The van der Waals surface area contributed by atoms with Gasteiger partial charge in [-0.2, -0.15) is 13.2 Å². The Balaban J connectivity index is 1.75. The van der Waals surface area contributed by atoms with Crippen molar-refractivity contribution in [3.8, 4) is 0 Å². The van der Waals surface area contributed by atoms with Crippen molar-refractivity contribution in [2.45, 2.75) is 58.2 Å². The second-order valence-corrected chi connectivity index (χ2v) is 8.53. The normalized spacial score (nSPS) is 21.5. The summed E-state index contributed by atoms with van der Waals surface area (Å²) in [4.78, 5) is 17.8. The second-order valence-electron chi connectivity index (χ2n) is 8.53. The molecule has 1 aromatic carbocycles. The van der Waals surface area contributed by atoms with Crippen LogP contribution >= 0.6 is 0 Å². The van der Waals surface area contributed by atoms with Crippen LogP contribution in [0.5, 0.6) is 0 Å². The van der Waals surface area contributed by atoms with Gasteiger partial charge in [0, 0.05) is 6.04 Å². The van der Waals surface area contributed by atoms with Crippen LogP contribution < -0.4 is 0 Å². The molecule has 7 heteroatoms. The van der Waals surface area contributed by atoms with Gasteiger partial charge in [-0.1, -0.05) is 25.1 Å². The standard InChI is InChI=1S/C23H33F3N2O2/c1-3-27-13-9-19(10-14-27)28-15-11-22(12-16-28,21(29)30-4-2)17-18-7-5-6-8-20(18)23(24,25)26/h5-8,19H,3-4,9-17H2,1-2H3. The van der Waals surface area contributed by atoms with E-state index < -0.39 is 17.2 Å². The predicted octanol–water partition coefficient (Wildman–Crippen LogP) is 4.38. The molecule has 0 atom stereocenters. The number of esters is 1. The minimum atomic E-state index is -4.43. The lowest BCUT2D eigenvalue weighted by Gasteiger charge is -2.45. The molecule has 0 saturated carbocycles. The number of rotatable bonds is 6. The molecule has 0 unspecified atom stereocenters. The van der Waals surface area contributed by atoms with Crippen LogP contribution in [0.4, 0.5) is 13.2 Å². The lowest BCUT2D eigenvalue weighted by Crippen LogP contribution is -2.52. The molecule has 2 aliphatic rings. The molecule has 30 heavy (non-hydrogen) atoms. The zero-order valence-corrected chi connectivity index (χ0v) is 18.0. The Hall–Kier alpha value is -1.60. The van der Waals surface area contributed by atoms with Gasteiger partial charge >= 0.3 is 12.1 Å². The Morgan fingerprint density at radius 3 is 2.30 bits per heavy atom. The molecule has 4 nitrogen and oxygen atoms in total. The number of alkyl halides is 3. The van der Waals surface area contributed by atoms with Crippen molar-refractivity contribution >= 4 is 5.97 Å². The third-order valence-electron chi connectivity index (χ3n) is 6.84. The van der Waals surface area contributed by atoms with Crippen molar-refractivity contribution in [1.82, 2.24) is 9.80 Å². The molecule has 0 bridgehead atoms. The molecular formula is C23H33F3N2O2. The van der Waals surface area contributed by atoms with Crippen LogP contribution in [0.3, 0.4) is 0 Å². The highest BCUT2D eigenvalue weighted by Gasteiger charge is 2.45. The first-order chi connectivity index (χ1) is 14.3. The molecule has 0 aromatic heterocycles. The molecule has 2 fully saturated rings. The summed E-state index contributed by atoms with van der Waals surface area (Å²) in [5.41, 5.74) is -1.36. The summed E-state index contributed by atoms with van der Waals surface area (Å²) < 4.78 is 45.9. The van der Waals surface area contributed by atoms with Gasteiger partial charge in [-0.3, -0.25) is 4.79 Å². The zero-order valence-electron chi connectivity index (χ0n) is 18.0. The van der Waals surface area contributed by atoms with Crippen molar-refractivity contribution in [1.29, 1.82) is 0 Å². The summed E-state index contributed by atoms with van der Waals surface area (Å²) in [6.07, 6.45) is -1.07. The van der Waals surface area contributed by atoms with Crippen LogP contribution in [-0.4, -0.2) is 61.1 Å². The summed E-state index contributed by atoms with van der Waals surface area (Å²) in [5, 5.41) is 0. The van der Waals surface area contributed by atoms with Gasteiger partial charge in [0.05, 0.1) is 17.6 Å². The lowest BCUT2D eigenvalue weighted by molar-refractivity contribution is -0.159. The minimum Gasteiger partial charge on any atom is -0.466 e. The lowest BCUT2D eigenvalue weighted by atomic mass is 9.72. The fourth-order valence-electron chi connectivity index (χ4n) is 4.97. The van der Waals surface area contributed by atoms with Gasteiger partial charge in [0.15, 0.2) is 0 Å². The second kappa shape index (κ2) is 9.69. The van der Waals surface area contributed by atoms with E-state index in [0.717, 1.165) is 51.6 Å². The van der Waals surface area contributed by atoms with Crippen molar-refractivity contribution in [3.05, 3.63) is 35.4 Å². The van der Waals surface area contributed by atoms with E-state index in [1.807, 2.05) is 0 Å². The van der Waals surface area contributed by atoms with Gasteiger partial charge in [0.2, 0.25) is 0 Å². The van der Waals surface area contributed by atoms with Gasteiger partial charge in [-0.15, -0.1) is 0 Å². The summed E-state index contributed by atoms with van der Waals surface area (Å²) >= 11 is 0. The molecule has 0 amide bonds. The summed E-state index contributed by atoms with van der Waals surface area (Å²) in [7, 11) is 0. The maximum atomic E-state index is 13.5. The van der Waals surface area contributed by atoms with Crippen LogP contribution in [0.1, 0.15) is 50.7 Å². The van der Waals surface area contributed by atoms with Gasteiger partial charge in [-0.25, -0.2) is 0 Å². The largest absolute Gasteiger partial charge is 0.466 e. The van der Waals surface area contributed by atoms with Gasteiger partial charge in [0.1, 0.15) is 0 Å². The summed E-state index contributed by atoms with van der Waals surface area (Å²) in [6, 6.07) is 6.10. The predicted molar refractivity (Wildman–Crippen MR) is 110 cm³/mol. The number of halogens is 3. The summed E-state index contributed by atoms with van der Waals surface area (Å²) in [6.45, 7) is 8.84. The Labute approximate surface area is 177 Å². The van der Waals surface area contributed by atoms with E-state index in [1.54, 1.807) is 13.0 Å². The van der Waals surface area contributed by atoms with E-state index in [9.17, 15) is 18.0 Å². The van der Waals surface area contributed by atoms with Crippen molar-refractivity contribution < 1.29 is 22.7 Å². The molecule has 1 aromatic rings. The molecular weight excluding hydrogens is 393 g/mol. The Bertz CT molecular complexity index is 707. The monoisotopic (exact) mass is 426 g/mol. The van der Waals surface area contributed by atoms with E-state index in [0.29, 0.717) is 18.9 Å². The Kier molecular flexibility index (Phi) is 7.45. The fourth-order valence-corrected chi connectivity index (χ4v) is 4.97. The van der Waals surface area contributed by atoms with Crippen LogP contribution in [0, 0.1) is 5.41 Å². The smallest absolute Gasteiger partial charge is 0.416 e. The fraction of sp³-hybridized carbons (Fsp3) is 0.696. The van der Waals surface area contributed by atoms with E-state index in [4.69, 9.17) is 4.74 Å². The third kappa shape index (κ3) is 5.17. The topological polar surface area (TPSA) is 32.8 Å². The van der Waals surface area contributed by atoms with E-state index in [-0.39, 0.29) is 24.6 Å². The average Bonchev–Trinajstić information content (AvgIpc) is 2.74. The number of piperidine rings is 2. The number of hydrogen-bond donors (Lipinski definition) is 0. The molecule has 2 saturated heterocycles. The quantitative estimate of drug-likeness (QED) is 0.632. The molecule has 3 rings (SSSR count). The number of hydrogen-bond acceptors (Lipinski definition) is 4. The van der Waals surface area contributed by atoms with Gasteiger partial charge < -0.3 is 14.5 Å². The third-order valence-corrected chi connectivity index (χ3v) is 6.84. The van der Waals surface area contributed by atoms with Crippen molar-refractivity contribution in [2.24, 2.45) is 5.41 Å². The Morgan fingerprint density at radius 1 is 1.10 bits per heavy atom. The number of ether oxygens (including phenoxy) is 1. The maximum absolute atomic E-state index is 13.5. The first-order valence-electron chi connectivity index (χ1n) is 11.1. The number of benzene rings is 1. The SMILES string of the molecule is CCOC(=O)C1(Cc2ccccc2C(F)(F)F)CCN(C2CCN(CC)CC2)CC1. The summed E-state index contributed by atoms with van der Waals surface area (Å²) in [5.74, 6) is -0.359. The molecule has 0 N–H and O–H groups in total. The van der Waals surface area contributed by atoms with Crippen LogP contribution in [-0.2, 0) is 22.1 Å². The highest BCUT2D eigenvalue weighted by molar-refractivity contribution is 5.77. The Morgan fingerprint density at radius 2 is 1.73 bits per heavy atom. The van der Waals surface area contributed by atoms with Crippen molar-refractivity contribution in [2.75, 3.05) is 39.3 Å². The zero-order chi connectivity index (χ0) is 21.8. The first-order valence-corrected chi connectivity index (χ1v) is 11.1. The number of carbonyl (C=O) groups is 1. The highest BCUT2D eigenvalue weighted by Crippen LogP contribution is 2.41. The van der Waals surface area contributed by atoms with E-state index in [1.165, 1.54) is 12.1 Å². The van der Waals surface area contributed by atoms with Crippen LogP contribution in [0.25, 0.3) is 0 Å². The van der Waals surface area contributed by atoms with E-state index >= 15 is 0 Å². The molecule has 0 aliphatic carbocycles. The van der Waals surface area contributed by atoms with Gasteiger partial charge in [0.25, 0.3) is 0 Å². The molecule has 0 radical (unpaired) electrons. The van der Waals surface area contributed by atoms with Crippen LogP contribution in [0.2, 0.25) is 0 Å². The van der Waals surface area contributed by atoms with Gasteiger partial charge in [-0.05, 0) is 83.4 Å². The molecule has 2 heterocycles. The molecule has 0 spiro atoms. The number of carbonyl (C=O) groups excluding carboxylic acids is 1. The number of nitrogens with zero attached hydrogens (tertiary/aromatic N) is 2. The van der Waals surface area contributed by atoms with Crippen LogP contribution in [0.15, 0.2) is 24.3 Å². The maximum Gasteiger partial charge on any atom is 0.416 e. The minimum absolute atomic E-state index is 0.0731. The molecule has 2 aliphatic heterocycles. The molecule has 168 valence electrons. The number of likely N-dealkylation sites (tertiary alicyclic amines) is 2. The first kappa shape index (κ1) is 23.1. The highest BCUT2D eigenvalue weighted by atomic mass is 19.4. The van der Waals surface area contributed by atoms with E-state index in [2.05, 4.69) is 16.7 Å².